The van der Waals surface area contributed by atoms with Crippen molar-refractivity contribution in [3.63, 3.8) is 0 Å². The first-order valence-electron chi connectivity index (χ1n) is 6.35. The molecule has 0 spiro atoms. The smallest absolute Gasteiger partial charge is 0.152 e. The molecule has 0 aromatic heterocycles. The molecule has 2 aromatic rings. The van der Waals surface area contributed by atoms with Crippen LogP contribution in [0.15, 0.2) is 42.5 Å². The maximum absolute atomic E-state index is 11.9. The highest BCUT2D eigenvalue weighted by Crippen LogP contribution is 2.20. The molecule has 0 radical (unpaired) electrons. The number of ketones is 1. The Morgan fingerprint density at radius 1 is 1.11 bits per heavy atom. The van der Waals surface area contributed by atoms with Crippen LogP contribution in [0.3, 0.4) is 0 Å². The third-order valence-corrected chi connectivity index (χ3v) is 3.25. The van der Waals surface area contributed by atoms with Gasteiger partial charge >= 0.3 is 0 Å². The summed E-state index contributed by atoms with van der Waals surface area (Å²) >= 11 is 0. The number of hydrogen-bond donors (Lipinski definition) is 1. The van der Waals surface area contributed by atoms with E-state index in [4.69, 9.17) is 5.73 Å². The van der Waals surface area contributed by atoms with Crippen LogP contribution in [-0.4, -0.2) is 11.8 Å². The summed E-state index contributed by atoms with van der Waals surface area (Å²) in [5, 5.41) is 2.38. The second-order valence-electron chi connectivity index (χ2n) is 5.01. The first-order chi connectivity index (χ1) is 8.59. The lowest BCUT2D eigenvalue weighted by atomic mass is 9.94. The van der Waals surface area contributed by atoms with Gasteiger partial charge in [0.2, 0.25) is 0 Å². The first kappa shape index (κ1) is 12.8. The average Bonchev–Trinajstić information content (AvgIpc) is 2.38. The van der Waals surface area contributed by atoms with Crippen molar-refractivity contribution in [3.05, 3.63) is 48.0 Å². The van der Waals surface area contributed by atoms with E-state index in [0.717, 1.165) is 5.56 Å². The number of carbonyl (C=O) groups excluding carboxylic acids is 1. The average molecular weight is 241 g/mol. The highest BCUT2D eigenvalue weighted by atomic mass is 16.1. The molecule has 2 rings (SSSR count). The van der Waals surface area contributed by atoms with Crippen molar-refractivity contribution in [2.45, 2.75) is 26.3 Å². The van der Waals surface area contributed by atoms with Crippen molar-refractivity contribution in [2.24, 2.45) is 11.7 Å². The van der Waals surface area contributed by atoms with Gasteiger partial charge in [0.1, 0.15) is 0 Å². The number of hydrogen-bond acceptors (Lipinski definition) is 2. The maximum atomic E-state index is 11.9. The predicted molar refractivity (Wildman–Crippen MR) is 75.5 cm³/mol. The molecule has 0 unspecified atom stereocenters. The molecule has 0 aliphatic heterocycles. The Morgan fingerprint density at radius 3 is 2.50 bits per heavy atom. The number of fused-ring (bicyclic) bond motifs is 1. The van der Waals surface area contributed by atoms with Crippen LogP contribution in [0.1, 0.15) is 19.4 Å². The highest BCUT2D eigenvalue weighted by Gasteiger charge is 2.17. The monoisotopic (exact) mass is 241 g/mol. The normalized spacial score (nSPS) is 12.9. The molecule has 18 heavy (non-hydrogen) atoms. The molecule has 0 bridgehead atoms. The lowest BCUT2D eigenvalue weighted by Crippen LogP contribution is -2.35. The Kier molecular flexibility index (Phi) is 3.78. The molecule has 2 aromatic carbocycles. The molecule has 94 valence electrons. The predicted octanol–water partition coefficient (Wildman–Crippen LogP) is 2.93. The summed E-state index contributed by atoms with van der Waals surface area (Å²) in [6, 6.07) is 13.9. The molecule has 0 amide bonds. The Balaban J connectivity index is 2.29. The fourth-order valence-electron chi connectivity index (χ4n) is 2.24. The van der Waals surface area contributed by atoms with Crippen LogP contribution in [0.5, 0.6) is 0 Å². The van der Waals surface area contributed by atoms with Gasteiger partial charge in [-0.15, -0.1) is 0 Å². The van der Waals surface area contributed by atoms with Crippen LogP contribution in [0.4, 0.5) is 0 Å². The van der Waals surface area contributed by atoms with Gasteiger partial charge in [-0.3, -0.25) is 4.79 Å². The van der Waals surface area contributed by atoms with E-state index in [-0.39, 0.29) is 11.7 Å². The van der Waals surface area contributed by atoms with Gasteiger partial charge in [-0.25, -0.2) is 0 Å². The van der Waals surface area contributed by atoms with Gasteiger partial charge in [-0.05, 0) is 22.8 Å². The molecule has 0 saturated carbocycles. The van der Waals surface area contributed by atoms with E-state index in [9.17, 15) is 4.79 Å². The van der Waals surface area contributed by atoms with E-state index >= 15 is 0 Å². The number of nitrogens with two attached hydrogens (primary N) is 1. The van der Waals surface area contributed by atoms with Crippen LogP contribution in [0.2, 0.25) is 0 Å². The molecule has 2 nitrogen and oxygen atoms in total. The quantitative estimate of drug-likeness (QED) is 0.894. The Bertz CT molecular complexity index is 555. The van der Waals surface area contributed by atoms with E-state index in [1.54, 1.807) is 0 Å². The van der Waals surface area contributed by atoms with Gasteiger partial charge in [-0.2, -0.15) is 0 Å². The summed E-state index contributed by atoms with van der Waals surface area (Å²) < 4.78 is 0. The molecule has 0 saturated heterocycles. The number of rotatable bonds is 4. The summed E-state index contributed by atoms with van der Waals surface area (Å²) in [6.07, 6.45) is 0.609. The zero-order chi connectivity index (χ0) is 13.1. The Morgan fingerprint density at radius 2 is 1.78 bits per heavy atom. The fraction of sp³-hybridized carbons (Fsp3) is 0.312. The van der Waals surface area contributed by atoms with Gasteiger partial charge in [0.15, 0.2) is 5.78 Å². The van der Waals surface area contributed by atoms with Gasteiger partial charge in [0, 0.05) is 5.92 Å². The highest BCUT2D eigenvalue weighted by molar-refractivity contribution is 5.89. The molecule has 0 aliphatic carbocycles. The topological polar surface area (TPSA) is 43.1 Å². The van der Waals surface area contributed by atoms with Gasteiger partial charge < -0.3 is 5.73 Å². The zero-order valence-electron chi connectivity index (χ0n) is 10.9. The van der Waals surface area contributed by atoms with Crippen LogP contribution in [-0.2, 0) is 11.2 Å². The van der Waals surface area contributed by atoms with Crippen LogP contribution in [0.25, 0.3) is 10.8 Å². The van der Waals surface area contributed by atoms with Crippen molar-refractivity contribution in [1.82, 2.24) is 0 Å². The van der Waals surface area contributed by atoms with E-state index in [1.807, 2.05) is 32.0 Å². The standard InChI is InChI=1S/C16H19NO/c1-11(2)16(18)15(17)10-13-8-5-7-12-6-3-4-9-14(12)13/h3-9,11,15H,10,17H2,1-2H3/t15-/m1/s1. The summed E-state index contributed by atoms with van der Waals surface area (Å²) in [7, 11) is 0. The van der Waals surface area contributed by atoms with Gasteiger partial charge in [0.25, 0.3) is 0 Å². The van der Waals surface area contributed by atoms with Crippen LogP contribution in [0, 0.1) is 5.92 Å². The van der Waals surface area contributed by atoms with E-state index in [1.165, 1.54) is 10.8 Å². The van der Waals surface area contributed by atoms with E-state index in [2.05, 4.69) is 24.3 Å². The SMILES string of the molecule is CC(C)C(=O)[C@H](N)Cc1cccc2ccccc12. The Labute approximate surface area is 108 Å². The minimum Gasteiger partial charge on any atom is -0.321 e. The lowest BCUT2D eigenvalue weighted by molar-refractivity contribution is -0.123. The molecule has 1 atom stereocenters. The number of benzene rings is 2. The maximum Gasteiger partial charge on any atom is 0.152 e. The summed E-state index contributed by atoms with van der Waals surface area (Å²) in [5.74, 6) is 0.123. The second-order valence-corrected chi connectivity index (χ2v) is 5.01. The van der Waals surface area contributed by atoms with Crippen molar-refractivity contribution in [2.75, 3.05) is 0 Å². The van der Waals surface area contributed by atoms with Gasteiger partial charge in [0.05, 0.1) is 6.04 Å². The molecule has 0 aliphatic rings. The van der Waals surface area contributed by atoms with Crippen LogP contribution < -0.4 is 5.73 Å². The minimum absolute atomic E-state index is 0.00465. The molecule has 0 fully saturated rings. The Hall–Kier alpha value is -1.67. The second kappa shape index (κ2) is 5.32. The van der Waals surface area contributed by atoms with Gasteiger partial charge in [-0.1, -0.05) is 56.3 Å². The first-order valence-corrected chi connectivity index (χ1v) is 6.35. The lowest BCUT2D eigenvalue weighted by Gasteiger charge is -2.14. The zero-order valence-corrected chi connectivity index (χ0v) is 10.9. The molecule has 2 N–H and O–H groups in total. The third kappa shape index (κ3) is 2.59. The molecule has 0 heterocycles. The fourth-order valence-corrected chi connectivity index (χ4v) is 2.24. The number of Topliss-reactive ketones (excluding diaryl/α,β-unsaturated/α-hetero) is 1. The van der Waals surface area contributed by atoms with Crippen molar-refractivity contribution in [3.8, 4) is 0 Å². The third-order valence-electron chi connectivity index (χ3n) is 3.25. The van der Waals surface area contributed by atoms with Crippen molar-refractivity contribution in [1.29, 1.82) is 0 Å². The minimum atomic E-state index is -0.407. The summed E-state index contributed by atoms with van der Waals surface area (Å²) in [6.45, 7) is 3.79. The van der Waals surface area contributed by atoms with Crippen molar-refractivity contribution >= 4 is 16.6 Å². The van der Waals surface area contributed by atoms with Crippen LogP contribution >= 0.6 is 0 Å². The number of carbonyl (C=O) groups is 1. The molecular weight excluding hydrogens is 222 g/mol. The molecular formula is C16H19NO. The van der Waals surface area contributed by atoms with Crippen molar-refractivity contribution < 1.29 is 4.79 Å². The summed E-state index contributed by atoms with van der Waals surface area (Å²) in [4.78, 5) is 11.9. The van der Waals surface area contributed by atoms with E-state index < -0.39 is 6.04 Å². The summed E-state index contributed by atoms with van der Waals surface area (Å²) in [5.41, 5.74) is 7.14. The van der Waals surface area contributed by atoms with E-state index in [0.29, 0.717) is 6.42 Å². The largest absolute Gasteiger partial charge is 0.321 e. The molecule has 2 heteroatoms.